The summed E-state index contributed by atoms with van der Waals surface area (Å²) in [6.07, 6.45) is 4.57. The molecule has 0 fully saturated rings. The molecule has 1 heterocycles. The van der Waals surface area contributed by atoms with Crippen LogP contribution in [0.4, 0.5) is 13.2 Å². The van der Waals surface area contributed by atoms with Crippen molar-refractivity contribution in [3.05, 3.63) is 52.7 Å². The van der Waals surface area contributed by atoms with Crippen molar-refractivity contribution < 1.29 is 35.9 Å². The minimum Gasteiger partial charge on any atom is -0.497 e. The molecular weight excluding hydrogens is 473 g/mol. The number of nitrogens with one attached hydrogen (secondary N) is 1. The van der Waals surface area contributed by atoms with Gasteiger partial charge < -0.3 is 4.74 Å². The monoisotopic (exact) mass is 490 g/mol. The quantitative estimate of drug-likeness (QED) is 0.688. The number of nitrogens with zero attached hydrogens (tertiary/aromatic N) is 1. The molecule has 0 spiro atoms. The van der Waals surface area contributed by atoms with Crippen LogP contribution in [0, 0.1) is 12.8 Å². The number of halogens is 4. The summed E-state index contributed by atoms with van der Waals surface area (Å²) in [6.45, 7) is 1.53. The number of sulfonamides is 1. The normalized spacial score (nSPS) is 16.7. The first-order chi connectivity index (χ1) is 14.9. The third kappa shape index (κ3) is 4.53. The zero-order chi connectivity index (χ0) is 23.8. The Morgan fingerprint density at radius 2 is 2.00 bits per heavy atom. The number of methoxy groups -OCH3 is 1. The summed E-state index contributed by atoms with van der Waals surface area (Å²) in [5, 5.41) is 0.874. The fourth-order valence-corrected chi connectivity index (χ4v) is 4.09. The van der Waals surface area contributed by atoms with Crippen LogP contribution in [0.1, 0.15) is 22.5 Å². The number of amides is 1. The van der Waals surface area contributed by atoms with Crippen molar-refractivity contribution in [2.45, 2.75) is 25.3 Å². The summed E-state index contributed by atoms with van der Waals surface area (Å²) in [7, 11) is -4.45. The van der Waals surface area contributed by atoms with E-state index >= 15 is 0 Å². The minimum atomic E-state index is -5.85. The largest absolute Gasteiger partial charge is 0.516 e. The molecule has 1 aromatic carbocycles. The van der Waals surface area contributed by atoms with Gasteiger partial charge in [-0.25, -0.2) is 4.72 Å². The Labute approximate surface area is 186 Å². The number of ether oxygens (including phenoxy) is 1. The van der Waals surface area contributed by atoms with E-state index in [1.165, 1.54) is 24.7 Å². The summed E-state index contributed by atoms with van der Waals surface area (Å²) in [5.41, 5.74) is -4.72. The molecule has 0 saturated carbocycles. The lowest BCUT2D eigenvalue weighted by molar-refractivity contribution is -0.119. The van der Waals surface area contributed by atoms with Crippen LogP contribution in [0.15, 0.2) is 41.5 Å². The Balaban J connectivity index is 2.05. The third-order valence-corrected chi connectivity index (χ3v) is 6.41. The van der Waals surface area contributed by atoms with Crippen LogP contribution in [0.2, 0.25) is 0 Å². The van der Waals surface area contributed by atoms with Gasteiger partial charge in [0.05, 0.1) is 25.0 Å². The molecule has 1 aliphatic rings. The summed E-state index contributed by atoms with van der Waals surface area (Å²) in [4.78, 5) is 25.4. The Kier molecular flexibility index (Phi) is 6.43. The van der Waals surface area contributed by atoms with E-state index in [1.807, 2.05) is 0 Å². The molecule has 12 heteroatoms. The standard InChI is InChI=1S/C20H18ClF3N2O5S/c1-11-15(10-18(27)25-32(29,30)20(22,23)24)16-9-14(31-2)7-8-17(16)26(11)19(28)12-3-5-13(21)6-4-12/h3,5-9,12H,4,10H2,1-2H3,(H,25,27). The molecule has 0 bridgehead atoms. The molecule has 1 unspecified atom stereocenters. The van der Waals surface area contributed by atoms with Gasteiger partial charge in [0.1, 0.15) is 5.75 Å². The van der Waals surface area contributed by atoms with Crippen molar-refractivity contribution in [3.63, 3.8) is 0 Å². The Morgan fingerprint density at radius 1 is 1.31 bits per heavy atom. The average Bonchev–Trinajstić information content (AvgIpc) is 2.97. The summed E-state index contributed by atoms with van der Waals surface area (Å²) in [6, 6.07) is 4.71. The Hall–Kier alpha value is -2.79. The number of benzene rings is 1. The van der Waals surface area contributed by atoms with E-state index in [0.29, 0.717) is 33.8 Å². The lowest BCUT2D eigenvalue weighted by Crippen LogP contribution is -2.40. The lowest BCUT2D eigenvalue weighted by Gasteiger charge is -2.16. The highest BCUT2D eigenvalue weighted by atomic mass is 35.5. The van der Waals surface area contributed by atoms with Gasteiger partial charge in [-0.3, -0.25) is 14.2 Å². The number of carbonyl (C=O) groups excluding carboxylic acids is 2. The number of carbonyl (C=O) groups is 2. The fraction of sp³-hybridized carbons (Fsp3) is 0.300. The van der Waals surface area contributed by atoms with Gasteiger partial charge in [-0.2, -0.15) is 21.6 Å². The number of allylic oxidation sites excluding steroid dienone is 4. The second-order valence-corrected chi connectivity index (χ2v) is 9.17. The van der Waals surface area contributed by atoms with Crippen LogP contribution in [0.25, 0.3) is 10.9 Å². The first-order valence-corrected chi connectivity index (χ1v) is 11.1. The molecule has 2 aromatic rings. The number of alkyl halides is 3. The van der Waals surface area contributed by atoms with Crippen molar-refractivity contribution in [2.75, 3.05) is 7.11 Å². The van der Waals surface area contributed by atoms with Crippen LogP contribution in [0.5, 0.6) is 5.75 Å². The second kappa shape index (κ2) is 8.62. The molecule has 0 radical (unpaired) electrons. The van der Waals surface area contributed by atoms with E-state index in [-0.39, 0.29) is 11.5 Å². The molecule has 7 nitrogen and oxygen atoms in total. The average molecular weight is 491 g/mol. The van der Waals surface area contributed by atoms with Crippen molar-refractivity contribution in [1.82, 2.24) is 9.29 Å². The van der Waals surface area contributed by atoms with Gasteiger partial charge in [0, 0.05) is 16.1 Å². The van der Waals surface area contributed by atoms with E-state index in [1.54, 1.807) is 30.4 Å². The first kappa shape index (κ1) is 23.9. The number of rotatable bonds is 5. The van der Waals surface area contributed by atoms with Crippen LogP contribution >= 0.6 is 11.6 Å². The number of hydrogen-bond donors (Lipinski definition) is 1. The van der Waals surface area contributed by atoms with Gasteiger partial charge in [0.15, 0.2) is 0 Å². The topological polar surface area (TPSA) is 94.5 Å². The zero-order valence-electron chi connectivity index (χ0n) is 16.9. The zero-order valence-corrected chi connectivity index (χ0v) is 18.4. The van der Waals surface area contributed by atoms with Crippen molar-refractivity contribution >= 4 is 44.3 Å². The predicted molar refractivity (Wildman–Crippen MR) is 112 cm³/mol. The highest BCUT2D eigenvalue weighted by Gasteiger charge is 2.47. The molecule has 1 N–H and O–H groups in total. The van der Waals surface area contributed by atoms with Gasteiger partial charge in [0.25, 0.3) is 0 Å². The van der Waals surface area contributed by atoms with E-state index in [0.717, 1.165) is 4.72 Å². The maximum absolute atomic E-state index is 13.2. The first-order valence-electron chi connectivity index (χ1n) is 9.23. The van der Waals surface area contributed by atoms with Crippen LogP contribution in [0.3, 0.4) is 0 Å². The highest BCUT2D eigenvalue weighted by molar-refractivity contribution is 7.90. The minimum absolute atomic E-state index is 0.204. The number of aromatic nitrogens is 1. The van der Waals surface area contributed by atoms with Crippen LogP contribution in [-0.2, 0) is 21.2 Å². The molecular formula is C20H18ClF3N2O5S. The van der Waals surface area contributed by atoms with Crippen LogP contribution in [-0.4, -0.2) is 37.4 Å². The molecule has 1 amide bonds. The summed E-state index contributed by atoms with van der Waals surface area (Å²) < 4.78 is 68.0. The maximum Gasteiger partial charge on any atom is 0.516 e. The van der Waals surface area contributed by atoms with E-state index in [4.69, 9.17) is 16.3 Å². The third-order valence-electron chi connectivity index (χ3n) is 5.02. The smallest absolute Gasteiger partial charge is 0.497 e. The highest BCUT2D eigenvalue weighted by Crippen LogP contribution is 2.32. The van der Waals surface area contributed by atoms with Gasteiger partial charge >= 0.3 is 15.5 Å². The molecule has 32 heavy (non-hydrogen) atoms. The number of fused-ring (bicyclic) bond motifs is 1. The lowest BCUT2D eigenvalue weighted by atomic mass is 9.99. The Bertz CT molecular complexity index is 1260. The molecule has 172 valence electrons. The molecule has 1 atom stereocenters. The fourth-order valence-electron chi connectivity index (χ4n) is 3.44. The van der Waals surface area contributed by atoms with Crippen molar-refractivity contribution in [3.8, 4) is 5.75 Å². The number of hydrogen-bond acceptors (Lipinski definition) is 5. The van der Waals surface area contributed by atoms with Gasteiger partial charge in [-0.15, -0.1) is 0 Å². The second-order valence-electron chi connectivity index (χ2n) is 7.06. The van der Waals surface area contributed by atoms with Crippen LogP contribution < -0.4 is 9.46 Å². The molecule has 0 aliphatic heterocycles. The SMILES string of the molecule is COc1ccc2c(c1)c(CC(=O)NS(=O)(=O)C(F)(F)F)c(C)n2C(=O)C1C=CC(Cl)=CC1. The van der Waals surface area contributed by atoms with Gasteiger partial charge in [-0.1, -0.05) is 23.8 Å². The van der Waals surface area contributed by atoms with Crippen molar-refractivity contribution in [1.29, 1.82) is 0 Å². The molecule has 3 rings (SSSR count). The van der Waals surface area contributed by atoms with Gasteiger partial charge in [-0.05, 0) is 43.2 Å². The molecule has 0 saturated heterocycles. The van der Waals surface area contributed by atoms with E-state index in [2.05, 4.69) is 0 Å². The predicted octanol–water partition coefficient (Wildman–Crippen LogP) is 3.81. The van der Waals surface area contributed by atoms with Crippen molar-refractivity contribution in [2.24, 2.45) is 5.92 Å². The van der Waals surface area contributed by atoms with E-state index in [9.17, 15) is 31.2 Å². The Morgan fingerprint density at radius 3 is 2.56 bits per heavy atom. The summed E-state index contributed by atoms with van der Waals surface area (Å²) in [5.74, 6) is -1.86. The molecule has 1 aliphatic carbocycles. The van der Waals surface area contributed by atoms with E-state index < -0.39 is 33.8 Å². The molecule has 1 aromatic heterocycles. The van der Waals surface area contributed by atoms with Gasteiger partial charge in [0.2, 0.25) is 11.8 Å². The maximum atomic E-state index is 13.2. The summed E-state index contributed by atoms with van der Waals surface area (Å²) >= 11 is 5.91.